The molecule has 0 heterocycles. The van der Waals surface area contributed by atoms with E-state index in [9.17, 15) is 0 Å². The summed E-state index contributed by atoms with van der Waals surface area (Å²) in [5, 5.41) is 0. The molecule has 0 fully saturated rings. The van der Waals surface area contributed by atoms with E-state index in [1.165, 1.54) is 25.7 Å². The van der Waals surface area contributed by atoms with Gasteiger partial charge in [0.15, 0.2) is 0 Å². The lowest BCUT2D eigenvalue weighted by molar-refractivity contribution is 0.527. The number of allylic oxidation sites excluding steroid dienone is 2. The second-order valence-corrected chi connectivity index (χ2v) is 2.53. The maximum Gasteiger partial charge on any atom is -0.0236 e. The molecular formula is C8H14. The Bertz CT molecular complexity index is 82.0. The van der Waals surface area contributed by atoms with Gasteiger partial charge in [-0.3, -0.25) is 0 Å². The molecule has 46 valence electrons. The Balaban J connectivity index is 2.32. The monoisotopic (exact) mass is 110 g/mol. The topological polar surface area (TPSA) is 0 Å². The average molecular weight is 110 g/mol. The second kappa shape index (κ2) is 2.91. The van der Waals surface area contributed by atoms with Gasteiger partial charge in [0.2, 0.25) is 0 Å². The Morgan fingerprint density at radius 1 is 1.62 bits per heavy atom. The largest absolute Gasteiger partial charge is 0.0883 e. The van der Waals surface area contributed by atoms with Crippen LogP contribution in [0, 0.1) is 5.92 Å². The van der Waals surface area contributed by atoms with Crippen molar-refractivity contribution in [1.29, 1.82) is 0 Å². The van der Waals surface area contributed by atoms with Gasteiger partial charge in [-0.1, -0.05) is 19.1 Å². The summed E-state index contributed by atoms with van der Waals surface area (Å²) in [5.41, 5.74) is 0. The standard InChI is InChI=1S/C8H14/c1-2-8-6-4-3-5-7-8/h4,6,8H,2-3,5,7H2,1H3/t8-/m1/s1. The highest BCUT2D eigenvalue weighted by Gasteiger charge is 2.03. The van der Waals surface area contributed by atoms with Crippen molar-refractivity contribution in [3.8, 4) is 0 Å². The SMILES string of the molecule is CC[C@@H]1C=CCCC1. The molecule has 1 aliphatic rings. The molecule has 0 unspecified atom stereocenters. The Kier molecular flexibility index (Phi) is 2.13. The second-order valence-electron chi connectivity index (χ2n) is 2.53. The molecule has 0 spiro atoms. The predicted molar refractivity (Wildman–Crippen MR) is 36.8 cm³/mol. The van der Waals surface area contributed by atoms with Crippen LogP contribution in [0.25, 0.3) is 0 Å². The highest BCUT2D eigenvalue weighted by atomic mass is 14.1. The summed E-state index contributed by atoms with van der Waals surface area (Å²) in [6, 6.07) is 0. The Labute approximate surface area is 51.6 Å². The maximum atomic E-state index is 2.36. The number of hydrogen-bond acceptors (Lipinski definition) is 0. The molecule has 0 bridgehead atoms. The maximum absolute atomic E-state index is 2.36. The molecule has 1 atom stereocenters. The summed E-state index contributed by atoms with van der Waals surface area (Å²) < 4.78 is 0. The van der Waals surface area contributed by atoms with Gasteiger partial charge in [-0.05, 0) is 31.6 Å². The van der Waals surface area contributed by atoms with E-state index in [-0.39, 0.29) is 0 Å². The van der Waals surface area contributed by atoms with Crippen molar-refractivity contribution in [3.63, 3.8) is 0 Å². The molecule has 8 heavy (non-hydrogen) atoms. The fraction of sp³-hybridized carbons (Fsp3) is 0.750. The van der Waals surface area contributed by atoms with Crippen LogP contribution in [-0.2, 0) is 0 Å². The molecule has 0 aromatic rings. The Morgan fingerprint density at radius 3 is 2.88 bits per heavy atom. The van der Waals surface area contributed by atoms with Crippen molar-refractivity contribution in [2.24, 2.45) is 5.92 Å². The third-order valence-electron chi connectivity index (χ3n) is 1.88. The summed E-state index contributed by atoms with van der Waals surface area (Å²) in [6.07, 6.45) is 10.2. The third kappa shape index (κ3) is 1.36. The zero-order valence-corrected chi connectivity index (χ0v) is 5.56. The zero-order valence-electron chi connectivity index (χ0n) is 5.56. The molecule has 0 aliphatic heterocycles. The first kappa shape index (κ1) is 5.87. The van der Waals surface area contributed by atoms with Crippen LogP contribution < -0.4 is 0 Å². The summed E-state index contributed by atoms with van der Waals surface area (Å²) in [5.74, 6) is 0.906. The first-order valence-electron chi connectivity index (χ1n) is 3.60. The van der Waals surface area contributed by atoms with Crippen LogP contribution in [0.2, 0.25) is 0 Å². The average Bonchev–Trinajstić information content (AvgIpc) is 1.90. The summed E-state index contributed by atoms with van der Waals surface area (Å²) in [6.45, 7) is 2.26. The number of hydrogen-bond donors (Lipinski definition) is 0. The fourth-order valence-electron chi connectivity index (χ4n) is 1.22. The van der Waals surface area contributed by atoms with Crippen LogP contribution in [-0.4, -0.2) is 0 Å². The molecule has 1 rings (SSSR count). The fourth-order valence-corrected chi connectivity index (χ4v) is 1.22. The van der Waals surface area contributed by atoms with Gasteiger partial charge in [-0.2, -0.15) is 0 Å². The minimum atomic E-state index is 0.906. The van der Waals surface area contributed by atoms with Gasteiger partial charge < -0.3 is 0 Å². The first-order chi connectivity index (χ1) is 3.93. The van der Waals surface area contributed by atoms with Gasteiger partial charge in [0, 0.05) is 0 Å². The molecule has 0 amide bonds. The van der Waals surface area contributed by atoms with Gasteiger partial charge in [-0.15, -0.1) is 0 Å². The van der Waals surface area contributed by atoms with Gasteiger partial charge in [-0.25, -0.2) is 0 Å². The van der Waals surface area contributed by atoms with E-state index in [0.717, 1.165) is 5.92 Å². The lowest BCUT2D eigenvalue weighted by atomic mass is 9.94. The lowest BCUT2D eigenvalue weighted by Gasteiger charge is -2.12. The van der Waals surface area contributed by atoms with Crippen molar-refractivity contribution >= 4 is 0 Å². The van der Waals surface area contributed by atoms with Gasteiger partial charge >= 0.3 is 0 Å². The minimum Gasteiger partial charge on any atom is -0.0883 e. The van der Waals surface area contributed by atoms with Crippen molar-refractivity contribution in [3.05, 3.63) is 12.2 Å². The normalized spacial score (nSPS) is 28.4. The van der Waals surface area contributed by atoms with Crippen molar-refractivity contribution in [2.45, 2.75) is 32.6 Å². The first-order valence-corrected chi connectivity index (χ1v) is 3.60. The van der Waals surface area contributed by atoms with Crippen molar-refractivity contribution in [2.75, 3.05) is 0 Å². The highest BCUT2D eigenvalue weighted by Crippen LogP contribution is 2.18. The lowest BCUT2D eigenvalue weighted by Crippen LogP contribution is -1.97. The van der Waals surface area contributed by atoms with Crippen LogP contribution in [0.4, 0.5) is 0 Å². The van der Waals surface area contributed by atoms with E-state index in [2.05, 4.69) is 19.1 Å². The minimum absolute atomic E-state index is 0.906. The third-order valence-corrected chi connectivity index (χ3v) is 1.88. The van der Waals surface area contributed by atoms with Crippen molar-refractivity contribution in [1.82, 2.24) is 0 Å². The molecule has 0 saturated carbocycles. The predicted octanol–water partition coefficient (Wildman–Crippen LogP) is 2.75. The van der Waals surface area contributed by atoms with E-state index < -0.39 is 0 Å². The summed E-state index contributed by atoms with van der Waals surface area (Å²) in [7, 11) is 0. The highest BCUT2D eigenvalue weighted by molar-refractivity contribution is 4.91. The van der Waals surface area contributed by atoms with Gasteiger partial charge in [0.1, 0.15) is 0 Å². The van der Waals surface area contributed by atoms with E-state index in [1.54, 1.807) is 0 Å². The van der Waals surface area contributed by atoms with Crippen LogP contribution >= 0.6 is 0 Å². The van der Waals surface area contributed by atoms with E-state index in [1.807, 2.05) is 0 Å². The zero-order chi connectivity index (χ0) is 5.82. The van der Waals surface area contributed by atoms with E-state index in [0.29, 0.717) is 0 Å². The number of rotatable bonds is 1. The van der Waals surface area contributed by atoms with E-state index in [4.69, 9.17) is 0 Å². The Hall–Kier alpha value is -0.260. The molecular weight excluding hydrogens is 96.1 g/mol. The molecule has 0 nitrogen and oxygen atoms in total. The van der Waals surface area contributed by atoms with Gasteiger partial charge in [0.25, 0.3) is 0 Å². The molecule has 1 aliphatic carbocycles. The van der Waals surface area contributed by atoms with Gasteiger partial charge in [0.05, 0.1) is 0 Å². The van der Waals surface area contributed by atoms with Crippen LogP contribution in [0.5, 0.6) is 0 Å². The molecule has 0 saturated heterocycles. The quantitative estimate of drug-likeness (QED) is 0.455. The summed E-state index contributed by atoms with van der Waals surface area (Å²) >= 11 is 0. The molecule has 0 aromatic carbocycles. The molecule has 0 aromatic heterocycles. The van der Waals surface area contributed by atoms with Crippen LogP contribution in [0.15, 0.2) is 12.2 Å². The molecule has 0 heteroatoms. The van der Waals surface area contributed by atoms with E-state index >= 15 is 0 Å². The van der Waals surface area contributed by atoms with Crippen LogP contribution in [0.3, 0.4) is 0 Å². The Morgan fingerprint density at radius 2 is 2.50 bits per heavy atom. The molecule has 0 N–H and O–H groups in total. The smallest absolute Gasteiger partial charge is 0.0236 e. The van der Waals surface area contributed by atoms with Crippen LogP contribution in [0.1, 0.15) is 32.6 Å². The summed E-state index contributed by atoms with van der Waals surface area (Å²) in [4.78, 5) is 0. The molecule has 0 radical (unpaired) electrons. The van der Waals surface area contributed by atoms with Crippen molar-refractivity contribution < 1.29 is 0 Å².